The zero-order valence-corrected chi connectivity index (χ0v) is 5.96. The summed E-state index contributed by atoms with van der Waals surface area (Å²) in [5, 5.41) is 9.32. The van der Waals surface area contributed by atoms with Crippen molar-refractivity contribution in [1.82, 2.24) is 4.98 Å². The highest BCUT2D eigenvalue weighted by molar-refractivity contribution is 6.67. The molecule has 0 saturated heterocycles. The Morgan fingerprint density at radius 1 is 1.64 bits per heavy atom. The second kappa shape index (κ2) is 2.71. The highest BCUT2D eigenvalue weighted by Gasteiger charge is 2.12. The van der Waals surface area contributed by atoms with Crippen molar-refractivity contribution in [1.29, 1.82) is 0 Å². The minimum absolute atomic E-state index is 0.0263. The molecule has 11 heavy (non-hydrogen) atoms. The van der Waals surface area contributed by atoms with Gasteiger partial charge in [-0.25, -0.2) is 4.98 Å². The molecule has 0 aliphatic carbocycles. The summed E-state index contributed by atoms with van der Waals surface area (Å²) < 4.78 is 0. The number of halogens is 1. The van der Waals surface area contributed by atoms with E-state index < -0.39 is 10.2 Å². The first-order valence-corrected chi connectivity index (χ1v) is 3.02. The molecule has 5 nitrogen and oxygen atoms in total. The van der Waals surface area contributed by atoms with Crippen LogP contribution < -0.4 is 0 Å². The lowest BCUT2D eigenvalue weighted by Gasteiger charge is -1.85. The van der Waals surface area contributed by atoms with Crippen molar-refractivity contribution in [2.45, 2.75) is 0 Å². The van der Waals surface area contributed by atoms with Crippen molar-refractivity contribution in [3.8, 4) is 0 Å². The van der Waals surface area contributed by atoms with Gasteiger partial charge in [0, 0.05) is 6.07 Å². The van der Waals surface area contributed by atoms with E-state index in [1.54, 1.807) is 0 Å². The summed E-state index contributed by atoms with van der Waals surface area (Å²) in [6, 6.07) is 2.43. The average molecular weight is 175 g/mol. The topological polar surface area (TPSA) is 76.0 Å². The molecule has 0 bridgehead atoms. The van der Waals surface area contributed by atoms with Crippen molar-refractivity contribution in [3.63, 3.8) is 0 Å². The molecule has 0 spiro atoms. The van der Waals surface area contributed by atoms with Crippen LogP contribution in [0.4, 0.5) is 5.82 Å². The molecule has 0 aliphatic rings. The molecule has 1 rings (SSSR count). The predicted molar refractivity (Wildman–Crippen MR) is 37.6 cm³/mol. The molecule has 0 saturated carbocycles. The minimum atomic E-state index is -0.738. The van der Waals surface area contributed by atoms with Crippen LogP contribution >= 0.6 is 11.6 Å². The molecule has 0 fully saturated rings. The van der Waals surface area contributed by atoms with Gasteiger partial charge in [-0.1, -0.05) is 0 Å². The molecule has 0 amide bonds. The van der Waals surface area contributed by atoms with Crippen LogP contribution in [0.25, 0.3) is 0 Å². The van der Waals surface area contributed by atoms with Gasteiger partial charge in [0.05, 0.1) is 0 Å². The third kappa shape index (κ3) is 1.56. The first kappa shape index (κ1) is 7.74. The summed E-state index contributed by atoms with van der Waals surface area (Å²) in [5.41, 5.74) is 0.0263. The van der Waals surface area contributed by atoms with Gasteiger partial charge in [0.25, 0.3) is 5.24 Å². The third-order valence-electron chi connectivity index (χ3n) is 1.08. The lowest BCUT2D eigenvalue weighted by Crippen LogP contribution is -1.91. The number of nitrogens with one attached hydrogen (secondary N) is 1. The molecule has 1 heterocycles. The van der Waals surface area contributed by atoms with E-state index in [2.05, 4.69) is 4.98 Å². The summed E-state index contributed by atoms with van der Waals surface area (Å²) in [7, 11) is 0. The second-order valence-corrected chi connectivity index (χ2v) is 2.13. The van der Waals surface area contributed by atoms with Crippen LogP contribution in [-0.2, 0) is 0 Å². The van der Waals surface area contributed by atoms with Gasteiger partial charge in [0.15, 0.2) is 5.69 Å². The van der Waals surface area contributed by atoms with E-state index in [0.717, 1.165) is 0 Å². The van der Waals surface area contributed by atoms with E-state index in [9.17, 15) is 14.9 Å². The number of hydrogen-bond donors (Lipinski definition) is 1. The number of nitro groups is 1. The molecule has 1 N–H and O–H groups in total. The Balaban J connectivity index is 2.99. The number of carbonyl (C=O) groups excluding carboxylic acids is 1. The van der Waals surface area contributed by atoms with Crippen LogP contribution in [0.1, 0.15) is 10.5 Å². The van der Waals surface area contributed by atoms with Crippen LogP contribution in [0, 0.1) is 10.1 Å². The fraction of sp³-hybridized carbons (Fsp3) is 0. The van der Waals surface area contributed by atoms with Gasteiger partial charge in [0.2, 0.25) is 0 Å². The Morgan fingerprint density at radius 3 is 2.55 bits per heavy atom. The van der Waals surface area contributed by atoms with Crippen molar-refractivity contribution in [2.24, 2.45) is 0 Å². The first-order chi connectivity index (χ1) is 5.11. The van der Waals surface area contributed by atoms with E-state index in [4.69, 9.17) is 11.6 Å². The van der Waals surface area contributed by atoms with Crippen molar-refractivity contribution >= 4 is 22.7 Å². The Kier molecular flexibility index (Phi) is 1.91. The molecule has 0 radical (unpaired) electrons. The Morgan fingerprint density at radius 2 is 2.27 bits per heavy atom. The van der Waals surface area contributed by atoms with Gasteiger partial charge in [-0.3, -0.25) is 4.79 Å². The number of aromatic nitrogens is 1. The lowest BCUT2D eigenvalue weighted by atomic mass is 10.5. The summed E-state index contributed by atoms with van der Waals surface area (Å²) >= 11 is 5.03. The summed E-state index contributed by atoms with van der Waals surface area (Å²) in [6.45, 7) is 0. The maximum absolute atomic E-state index is 10.4. The smallest absolute Gasteiger partial charge is 0.321 e. The van der Waals surface area contributed by atoms with Gasteiger partial charge in [-0.2, -0.15) is 0 Å². The number of nitrogens with zero attached hydrogens (tertiary/aromatic N) is 1. The molecule has 0 aliphatic heterocycles. The average Bonchev–Trinajstić information content (AvgIpc) is 2.33. The van der Waals surface area contributed by atoms with Crippen LogP contribution in [-0.4, -0.2) is 15.1 Å². The van der Waals surface area contributed by atoms with Crippen LogP contribution in [0.2, 0.25) is 0 Å². The normalized spacial score (nSPS) is 9.55. The van der Waals surface area contributed by atoms with Gasteiger partial charge in [-0.15, -0.1) is 0 Å². The maximum Gasteiger partial charge on any atom is 0.321 e. The molecule has 58 valence electrons. The summed E-state index contributed by atoms with van der Waals surface area (Å²) in [4.78, 5) is 22.0. The minimum Gasteiger partial charge on any atom is -0.358 e. The Hall–Kier alpha value is -1.36. The quantitative estimate of drug-likeness (QED) is 0.417. The molecular formula is C5H3ClN2O3. The van der Waals surface area contributed by atoms with Crippen LogP contribution in [0.15, 0.2) is 12.1 Å². The van der Waals surface area contributed by atoms with E-state index in [1.165, 1.54) is 12.1 Å². The van der Waals surface area contributed by atoms with Gasteiger partial charge in [0.1, 0.15) is 0 Å². The largest absolute Gasteiger partial charge is 0.358 e. The zero-order chi connectivity index (χ0) is 8.43. The Labute approximate surface area is 66.1 Å². The van der Waals surface area contributed by atoms with Gasteiger partial charge >= 0.3 is 5.82 Å². The van der Waals surface area contributed by atoms with Crippen molar-refractivity contribution in [3.05, 3.63) is 27.9 Å². The third-order valence-corrected chi connectivity index (χ3v) is 1.28. The van der Waals surface area contributed by atoms with Crippen molar-refractivity contribution < 1.29 is 9.72 Å². The lowest BCUT2D eigenvalue weighted by molar-refractivity contribution is -0.389. The van der Waals surface area contributed by atoms with E-state index in [-0.39, 0.29) is 11.5 Å². The first-order valence-electron chi connectivity index (χ1n) is 2.64. The van der Waals surface area contributed by atoms with Gasteiger partial charge in [-0.05, 0) is 22.6 Å². The number of aromatic amines is 1. The molecule has 1 aromatic rings. The van der Waals surface area contributed by atoms with E-state index in [1.807, 2.05) is 0 Å². The zero-order valence-electron chi connectivity index (χ0n) is 5.20. The predicted octanol–water partition coefficient (Wildman–Crippen LogP) is 1.30. The second-order valence-electron chi connectivity index (χ2n) is 1.79. The maximum atomic E-state index is 10.4. The molecule has 0 unspecified atom stereocenters. The molecule has 6 heteroatoms. The van der Waals surface area contributed by atoms with E-state index >= 15 is 0 Å². The highest BCUT2D eigenvalue weighted by Crippen LogP contribution is 2.10. The van der Waals surface area contributed by atoms with Crippen LogP contribution in [0.3, 0.4) is 0 Å². The van der Waals surface area contributed by atoms with Gasteiger partial charge < -0.3 is 10.1 Å². The molecule has 1 aromatic heterocycles. The fourth-order valence-corrected chi connectivity index (χ4v) is 0.715. The molecular weight excluding hydrogens is 172 g/mol. The molecule has 0 atom stereocenters. The van der Waals surface area contributed by atoms with E-state index in [0.29, 0.717) is 0 Å². The fourth-order valence-electron chi connectivity index (χ4n) is 0.605. The summed E-state index contributed by atoms with van der Waals surface area (Å²) in [5.74, 6) is -0.242. The summed E-state index contributed by atoms with van der Waals surface area (Å²) in [6.07, 6.45) is 0. The standard InChI is InChI=1S/C5H3ClN2O3/c6-5(9)3-1-2-4(7-3)8(10)11/h1-2,7H. The van der Waals surface area contributed by atoms with Crippen LogP contribution in [0.5, 0.6) is 0 Å². The number of hydrogen-bond acceptors (Lipinski definition) is 3. The number of rotatable bonds is 2. The number of carbonyl (C=O) groups is 1. The monoisotopic (exact) mass is 174 g/mol. The Bertz CT molecular complexity index is 278. The number of H-pyrrole nitrogens is 1. The van der Waals surface area contributed by atoms with Crippen molar-refractivity contribution in [2.75, 3.05) is 0 Å². The molecule has 0 aromatic carbocycles. The highest BCUT2D eigenvalue weighted by atomic mass is 35.5. The SMILES string of the molecule is O=C(Cl)c1ccc([N+](=O)[O-])[nH]1.